The Bertz CT molecular complexity index is 441. The first-order chi connectivity index (χ1) is 5.77. The van der Waals surface area contributed by atoms with Crippen LogP contribution in [0.2, 0.25) is 0 Å². The Kier molecular flexibility index (Phi) is 1.54. The highest BCUT2D eigenvalue weighted by Gasteiger charge is 2.09. The van der Waals surface area contributed by atoms with Gasteiger partial charge in [0.05, 0.1) is 11.2 Å². The number of aryl methyl sites for hydroxylation is 1. The first-order valence-corrected chi connectivity index (χ1v) is 4.11. The van der Waals surface area contributed by atoms with Crippen LogP contribution in [0.4, 0.5) is 0 Å². The molecule has 5 nitrogen and oxygen atoms in total. The minimum Gasteiger partial charge on any atom is -0.387 e. The average Bonchev–Trinajstić information content (AvgIpc) is 2.58. The molecule has 0 fully saturated rings. The fraction of sp³-hybridized carbons (Fsp3) is 0.167. The van der Waals surface area contributed by atoms with Crippen LogP contribution in [0.25, 0.3) is 10.8 Å². The molecule has 0 atom stereocenters. The number of hydrogen-bond donors (Lipinski definition) is 1. The molecule has 0 amide bonds. The molecule has 2 aromatic heterocycles. The topological polar surface area (TPSA) is 71.8 Å². The van der Waals surface area contributed by atoms with Crippen LogP contribution in [-0.4, -0.2) is 15.2 Å². The van der Waals surface area contributed by atoms with Crippen molar-refractivity contribution >= 4 is 11.3 Å². The Hall–Kier alpha value is -1.43. The summed E-state index contributed by atoms with van der Waals surface area (Å²) >= 11 is 1.39. The van der Waals surface area contributed by atoms with Gasteiger partial charge in [-0.1, -0.05) is 0 Å². The van der Waals surface area contributed by atoms with Crippen LogP contribution in [-0.2, 0) is 0 Å². The minimum absolute atomic E-state index is 0.306. The van der Waals surface area contributed by atoms with Gasteiger partial charge in [0.25, 0.3) is 5.89 Å². The molecule has 0 spiro atoms. The summed E-state index contributed by atoms with van der Waals surface area (Å²) in [4.78, 5) is 15.4. The monoisotopic (exact) mass is 183 g/mol. The number of rotatable bonds is 1. The molecule has 0 saturated carbocycles. The number of H-pyrrole nitrogens is 1. The van der Waals surface area contributed by atoms with Gasteiger partial charge >= 0.3 is 5.76 Å². The molecule has 0 aliphatic rings. The molecule has 0 aliphatic carbocycles. The Labute approximate surface area is 71.1 Å². The van der Waals surface area contributed by atoms with Crippen molar-refractivity contribution in [3.63, 3.8) is 0 Å². The molecule has 62 valence electrons. The zero-order chi connectivity index (χ0) is 8.55. The predicted octanol–water partition coefficient (Wildman–Crippen LogP) is 0.795. The van der Waals surface area contributed by atoms with Gasteiger partial charge in [0, 0.05) is 0 Å². The quantitative estimate of drug-likeness (QED) is 0.709. The highest BCUT2D eigenvalue weighted by Crippen LogP contribution is 2.23. The van der Waals surface area contributed by atoms with Crippen molar-refractivity contribution in [1.29, 1.82) is 0 Å². The van der Waals surface area contributed by atoms with Gasteiger partial charge in [-0.25, -0.2) is 14.9 Å². The summed E-state index contributed by atoms with van der Waals surface area (Å²) in [5, 5.41) is 5.88. The van der Waals surface area contributed by atoms with Crippen molar-refractivity contribution < 1.29 is 4.42 Å². The van der Waals surface area contributed by atoms with Crippen molar-refractivity contribution in [2.24, 2.45) is 0 Å². The van der Waals surface area contributed by atoms with Gasteiger partial charge in [0.2, 0.25) is 0 Å². The molecule has 12 heavy (non-hydrogen) atoms. The molecule has 2 aromatic rings. The van der Waals surface area contributed by atoms with E-state index in [1.165, 1.54) is 11.3 Å². The van der Waals surface area contributed by atoms with Crippen LogP contribution in [0.3, 0.4) is 0 Å². The van der Waals surface area contributed by atoms with E-state index in [4.69, 9.17) is 4.42 Å². The Morgan fingerprint density at radius 3 is 3.00 bits per heavy atom. The number of aromatic nitrogens is 3. The van der Waals surface area contributed by atoms with Gasteiger partial charge in [0.15, 0.2) is 0 Å². The summed E-state index contributed by atoms with van der Waals surface area (Å²) in [7, 11) is 0. The van der Waals surface area contributed by atoms with E-state index in [0.29, 0.717) is 5.89 Å². The standard InChI is InChI=1S/C6H5N3O2S/c1-3-4(12-2-7-3)5-8-9-6(10)11-5/h2H,1H3,(H,9,10). The van der Waals surface area contributed by atoms with Crippen LogP contribution >= 0.6 is 11.3 Å². The van der Waals surface area contributed by atoms with Crippen molar-refractivity contribution in [3.8, 4) is 10.8 Å². The first-order valence-electron chi connectivity index (χ1n) is 3.23. The number of aromatic amines is 1. The van der Waals surface area contributed by atoms with E-state index in [2.05, 4.69) is 15.2 Å². The van der Waals surface area contributed by atoms with Crippen LogP contribution < -0.4 is 5.76 Å². The van der Waals surface area contributed by atoms with Gasteiger partial charge in [0.1, 0.15) is 4.88 Å². The van der Waals surface area contributed by atoms with Crippen LogP contribution in [0.1, 0.15) is 5.69 Å². The molecule has 2 rings (SSSR count). The second-order valence-corrected chi connectivity index (χ2v) is 3.04. The summed E-state index contributed by atoms with van der Waals surface area (Å²) in [5.41, 5.74) is 2.49. The molecule has 0 aromatic carbocycles. The van der Waals surface area contributed by atoms with Gasteiger partial charge in [-0.3, -0.25) is 0 Å². The van der Waals surface area contributed by atoms with Crippen molar-refractivity contribution in [1.82, 2.24) is 15.2 Å². The van der Waals surface area contributed by atoms with Crippen LogP contribution in [0, 0.1) is 6.92 Å². The van der Waals surface area contributed by atoms with E-state index in [-0.39, 0.29) is 0 Å². The fourth-order valence-electron chi connectivity index (χ4n) is 0.834. The lowest BCUT2D eigenvalue weighted by molar-refractivity contribution is 0.527. The van der Waals surface area contributed by atoms with Crippen molar-refractivity contribution in [2.75, 3.05) is 0 Å². The molecule has 2 heterocycles. The van der Waals surface area contributed by atoms with Gasteiger partial charge in [-0.2, -0.15) is 0 Å². The third-order valence-electron chi connectivity index (χ3n) is 1.38. The number of nitrogens with one attached hydrogen (secondary N) is 1. The third kappa shape index (κ3) is 1.06. The van der Waals surface area contributed by atoms with Crippen molar-refractivity contribution in [2.45, 2.75) is 6.92 Å². The lowest BCUT2D eigenvalue weighted by Crippen LogP contribution is -1.93. The van der Waals surface area contributed by atoms with E-state index in [1.807, 2.05) is 6.92 Å². The maximum Gasteiger partial charge on any atom is 0.434 e. The molecular formula is C6H5N3O2S. The lowest BCUT2D eigenvalue weighted by Gasteiger charge is -1.86. The second kappa shape index (κ2) is 2.56. The summed E-state index contributed by atoms with van der Waals surface area (Å²) in [6.45, 7) is 1.83. The normalized spacial score (nSPS) is 10.4. The van der Waals surface area contributed by atoms with E-state index < -0.39 is 5.76 Å². The van der Waals surface area contributed by atoms with Gasteiger partial charge in [-0.15, -0.1) is 16.4 Å². The van der Waals surface area contributed by atoms with E-state index in [1.54, 1.807) is 5.51 Å². The lowest BCUT2D eigenvalue weighted by atomic mass is 10.4. The molecule has 6 heteroatoms. The predicted molar refractivity (Wildman–Crippen MR) is 43.0 cm³/mol. The smallest absolute Gasteiger partial charge is 0.387 e. The Morgan fingerprint density at radius 1 is 1.67 bits per heavy atom. The Morgan fingerprint density at radius 2 is 2.50 bits per heavy atom. The zero-order valence-electron chi connectivity index (χ0n) is 6.20. The van der Waals surface area contributed by atoms with E-state index >= 15 is 0 Å². The fourth-order valence-corrected chi connectivity index (χ4v) is 1.56. The molecule has 1 N–H and O–H groups in total. The SMILES string of the molecule is Cc1ncsc1-c1n[nH]c(=O)o1. The van der Waals surface area contributed by atoms with Crippen molar-refractivity contribution in [3.05, 3.63) is 21.8 Å². The highest BCUT2D eigenvalue weighted by atomic mass is 32.1. The molecular weight excluding hydrogens is 178 g/mol. The number of thiazole rings is 1. The highest BCUT2D eigenvalue weighted by molar-refractivity contribution is 7.13. The summed E-state index contributed by atoms with van der Waals surface area (Å²) in [6, 6.07) is 0. The summed E-state index contributed by atoms with van der Waals surface area (Å²) in [5.74, 6) is -0.238. The number of nitrogens with zero attached hydrogens (tertiary/aromatic N) is 2. The average molecular weight is 183 g/mol. The largest absolute Gasteiger partial charge is 0.434 e. The molecule has 0 unspecified atom stereocenters. The minimum atomic E-state index is -0.544. The van der Waals surface area contributed by atoms with E-state index in [0.717, 1.165) is 10.6 Å². The molecule has 0 saturated heterocycles. The maximum atomic E-state index is 10.6. The Balaban J connectivity index is 2.57. The third-order valence-corrected chi connectivity index (χ3v) is 2.29. The zero-order valence-corrected chi connectivity index (χ0v) is 7.01. The van der Waals surface area contributed by atoms with Crippen LogP contribution in [0.15, 0.2) is 14.7 Å². The van der Waals surface area contributed by atoms with Crippen LogP contribution in [0.5, 0.6) is 0 Å². The second-order valence-electron chi connectivity index (χ2n) is 2.19. The van der Waals surface area contributed by atoms with Gasteiger partial charge < -0.3 is 4.42 Å². The number of hydrogen-bond acceptors (Lipinski definition) is 5. The summed E-state index contributed by atoms with van der Waals surface area (Å²) in [6.07, 6.45) is 0. The molecule has 0 aliphatic heterocycles. The van der Waals surface area contributed by atoms with E-state index in [9.17, 15) is 4.79 Å². The molecule has 0 radical (unpaired) electrons. The maximum absolute atomic E-state index is 10.6. The molecule has 0 bridgehead atoms. The first kappa shape index (κ1) is 7.23. The summed E-state index contributed by atoms with van der Waals surface area (Å²) < 4.78 is 4.76. The van der Waals surface area contributed by atoms with Gasteiger partial charge in [-0.05, 0) is 6.92 Å².